The fourth-order valence-corrected chi connectivity index (χ4v) is 2.24. The number of rotatable bonds is 2. The standard InChI is InChI=1S/C18H21N3/c1-13-10-17(21(5)20-13)11-15(12-19)14-6-8-16(9-7-14)18(2,3)4/h6-11H,1-5H3. The van der Waals surface area contributed by atoms with Gasteiger partial charge in [0, 0.05) is 7.05 Å². The second kappa shape index (κ2) is 5.57. The zero-order chi connectivity index (χ0) is 15.6. The fourth-order valence-electron chi connectivity index (χ4n) is 2.24. The predicted octanol–water partition coefficient (Wildman–Crippen LogP) is 4.09. The van der Waals surface area contributed by atoms with Crippen molar-refractivity contribution in [2.75, 3.05) is 0 Å². The van der Waals surface area contributed by atoms with Crippen LogP contribution in [0.4, 0.5) is 0 Å². The first-order valence-corrected chi connectivity index (χ1v) is 7.04. The lowest BCUT2D eigenvalue weighted by molar-refractivity contribution is 0.590. The van der Waals surface area contributed by atoms with Gasteiger partial charge < -0.3 is 0 Å². The highest BCUT2D eigenvalue weighted by atomic mass is 15.3. The molecule has 3 nitrogen and oxygen atoms in total. The van der Waals surface area contributed by atoms with E-state index in [1.165, 1.54) is 5.56 Å². The average Bonchev–Trinajstić information content (AvgIpc) is 2.73. The Hall–Kier alpha value is -2.34. The van der Waals surface area contributed by atoms with Crippen LogP contribution in [0.15, 0.2) is 30.3 Å². The van der Waals surface area contributed by atoms with Crippen molar-refractivity contribution >= 4 is 11.6 Å². The van der Waals surface area contributed by atoms with Crippen LogP contribution in [-0.2, 0) is 12.5 Å². The molecule has 0 atom stereocenters. The summed E-state index contributed by atoms with van der Waals surface area (Å²) in [5.74, 6) is 0. The highest BCUT2D eigenvalue weighted by molar-refractivity contribution is 5.89. The molecule has 2 aromatic rings. The first-order valence-electron chi connectivity index (χ1n) is 7.04. The normalized spacial score (nSPS) is 12.3. The minimum Gasteiger partial charge on any atom is -0.268 e. The van der Waals surface area contributed by atoms with Gasteiger partial charge in [0.25, 0.3) is 0 Å². The van der Waals surface area contributed by atoms with Gasteiger partial charge in [-0.25, -0.2) is 0 Å². The van der Waals surface area contributed by atoms with Crippen molar-refractivity contribution in [2.24, 2.45) is 7.05 Å². The number of allylic oxidation sites excluding steroid dienone is 1. The molecule has 0 aliphatic carbocycles. The molecule has 21 heavy (non-hydrogen) atoms. The lowest BCUT2D eigenvalue weighted by Gasteiger charge is -2.19. The van der Waals surface area contributed by atoms with Crippen LogP contribution in [0, 0.1) is 18.3 Å². The summed E-state index contributed by atoms with van der Waals surface area (Å²) in [5.41, 5.74) is 4.85. The SMILES string of the molecule is Cc1cc(C=C(C#N)c2ccc(C(C)(C)C)cc2)n(C)n1. The summed E-state index contributed by atoms with van der Waals surface area (Å²) in [6.45, 7) is 8.49. The maximum absolute atomic E-state index is 9.42. The number of aromatic nitrogens is 2. The van der Waals surface area contributed by atoms with Crippen LogP contribution < -0.4 is 0 Å². The van der Waals surface area contributed by atoms with Crippen molar-refractivity contribution in [1.29, 1.82) is 5.26 Å². The summed E-state index contributed by atoms with van der Waals surface area (Å²) in [6, 6.07) is 12.5. The van der Waals surface area contributed by atoms with Gasteiger partial charge in [0.2, 0.25) is 0 Å². The first-order chi connectivity index (χ1) is 9.81. The Balaban J connectivity index is 2.39. The van der Waals surface area contributed by atoms with Crippen molar-refractivity contribution in [2.45, 2.75) is 33.1 Å². The molecular weight excluding hydrogens is 258 g/mol. The van der Waals surface area contributed by atoms with E-state index in [1.807, 2.05) is 38.2 Å². The van der Waals surface area contributed by atoms with Gasteiger partial charge in [-0.3, -0.25) is 4.68 Å². The molecule has 0 spiro atoms. The zero-order valence-corrected chi connectivity index (χ0v) is 13.3. The summed E-state index contributed by atoms with van der Waals surface area (Å²) < 4.78 is 1.79. The molecule has 0 radical (unpaired) electrons. The van der Waals surface area contributed by atoms with Crippen LogP contribution in [0.5, 0.6) is 0 Å². The molecule has 0 amide bonds. The summed E-state index contributed by atoms with van der Waals surface area (Å²) in [7, 11) is 1.89. The third-order valence-electron chi connectivity index (χ3n) is 3.51. The molecule has 2 rings (SSSR count). The maximum Gasteiger partial charge on any atom is 0.0998 e. The van der Waals surface area contributed by atoms with Gasteiger partial charge in [0.1, 0.15) is 0 Å². The number of aryl methyl sites for hydroxylation is 2. The Kier molecular flexibility index (Phi) is 3.99. The second-order valence-electron chi connectivity index (χ2n) is 6.33. The van der Waals surface area contributed by atoms with Crippen LogP contribution >= 0.6 is 0 Å². The van der Waals surface area contributed by atoms with E-state index >= 15 is 0 Å². The first kappa shape index (κ1) is 15.1. The van der Waals surface area contributed by atoms with Crippen LogP contribution in [0.25, 0.3) is 11.6 Å². The Bertz CT molecular complexity index is 704. The Morgan fingerprint density at radius 3 is 2.29 bits per heavy atom. The molecule has 108 valence electrons. The summed E-state index contributed by atoms with van der Waals surface area (Å²) in [6.07, 6.45) is 1.88. The van der Waals surface area contributed by atoms with E-state index in [1.54, 1.807) is 4.68 Å². The van der Waals surface area contributed by atoms with E-state index in [-0.39, 0.29) is 5.41 Å². The minimum atomic E-state index is 0.119. The van der Waals surface area contributed by atoms with Crippen LogP contribution in [0.2, 0.25) is 0 Å². The molecular formula is C18H21N3. The summed E-state index contributed by atoms with van der Waals surface area (Å²) >= 11 is 0. The smallest absolute Gasteiger partial charge is 0.0998 e. The highest BCUT2D eigenvalue weighted by Gasteiger charge is 2.13. The van der Waals surface area contributed by atoms with Crippen molar-refractivity contribution < 1.29 is 0 Å². The topological polar surface area (TPSA) is 41.6 Å². The minimum absolute atomic E-state index is 0.119. The molecule has 0 unspecified atom stereocenters. The van der Waals surface area contributed by atoms with E-state index in [9.17, 15) is 5.26 Å². The van der Waals surface area contributed by atoms with Crippen LogP contribution in [-0.4, -0.2) is 9.78 Å². The summed E-state index contributed by atoms with van der Waals surface area (Å²) in [4.78, 5) is 0. The van der Waals surface area contributed by atoms with Gasteiger partial charge in [-0.05, 0) is 35.6 Å². The Morgan fingerprint density at radius 1 is 1.24 bits per heavy atom. The predicted molar refractivity (Wildman–Crippen MR) is 86.6 cm³/mol. The third kappa shape index (κ3) is 3.41. The summed E-state index contributed by atoms with van der Waals surface area (Å²) in [5, 5.41) is 13.7. The quantitative estimate of drug-likeness (QED) is 0.777. The molecule has 0 fully saturated rings. The maximum atomic E-state index is 9.42. The van der Waals surface area contributed by atoms with Gasteiger partial charge >= 0.3 is 0 Å². The Morgan fingerprint density at radius 2 is 1.86 bits per heavy atom. The van der Waals surface area contributed by atoms with Gasteiger partial charge in [-0.2, -0.15) is 10.4 Å². The van der Waals surface area contributed by atoms with Gasteiger partial charge in [-0.1, -0.05) is 45.0 Å². The van der Waals surface area contributed by atoms with Gasteiger partial charge in [0.15, 0.2) is 0 Å². The molecule has 0 aliphatic heterocycles. The largest absolute Gasteiger partial charge is 0.268 e. The number of benzene rings is 1. The molecule has 0 bridgehead atoms. The van der Waals surface area contributed by atoms with Crippen molar-refractivity contribution in [1.82, 2.24) is 9.78 Å². The van der Waals surface area contributed by atoms with Crippen molar-refractivity contribution in [3.05, 3.63) is 52.8 Å². The molecule has 3 heteroatoms. The molecule has 0 saturated carbocycles. The van der Waals surface area contributed by atoms with E-state index < -0.39 is 0 Å². The van der Waals surface area contributed by atoms with Crippen LogP contribution in [0.3, 0.4) is 0 Å². The van der Waals surface area contributed by atoms with E-state index in [4.69, 9.17) is 0 Å². The zero-order valence-electron chi connectivity index (χ0n) is 13.3. The van der Waals surface area contributed by atoms with E-state index in [0.717, 1.165) is 17.0 Å². The molecule has 1 heterocycles. The number of nitrogens with zero attached hydrogens (tertiary/aromatic N) is 3. The average molecular weight is 279 g/mol. The van der Waals surface area contributed by atoms with Gasteiger partial charge in [0.05, 0.1) is 23.0 Å². The molecule has 1 aromatic carbocycles. The van der Waals surface area contributed by atoms with Crippen molar-refractivity contribution in [3.8, 4) is 6.07 Å². The van der Waals surface area contributed by atoms with Crippen LogP contribution in [0.1, 0.15) is 43.3 Å². The monoisotopic (exact) mass is 279 g/mol. The second-order valence-corrected chi connectivity index (χ2v) is 6.33. The molecule has 0 N–H and O–H groups in total. The third-order valence-corrected chi connectivity index (χ3v) is 3.51. The van der Waals surface area contributed by atoms with E-state index in [0.29, 0.717) is 5.57 Å². The fraction of sp³-hybridized carbons (Fsp3) is 0.333. The molecule has 1 aromatic heterocycles. The molecule has 0 saturated heterocycles. The Labute approximate surface area is 126 Å². The van der Waals surface area contributed by atoms with Crippen molar-refractivity contribution in [3.63, 3.8) is 0 Å². The number of nitriles is 1. The van der Waals surface area contributed by atoms with E-state index in [2.05, 4.69) is 44.1 Å². The lowest BCUT2D eigenvalue weighted by Crippen LogP contribution is -2.10. The van der Waals surface area contributed by atoms with Gasteiger partial charge in [-0.15, -0.1) is 0 Å². The number of hydrogen-bond acceptors (Lipinski definition) is 2. The number of hydrogen-bond donors (Lipinski definition) is 0. The molecule has 0 aliphatic rings. The highest BCUT2D eigenvalue weighted by Crippen LogP contribution is 2.25. The lowest BCUT2D eigenvalue weighted by atomic mass is 9.86.